The predicted molar refractivity (Wildman–Crippen MR) is 153 cm³/mol. The summed E-state index contributed by atoms with van der Waals surface area (Å²) < 4.78 is 16.9. The molecular weight excluding hydrogens is 474 g/mol. The Morgan fingerprint density at radius 3 is 2.11 bits per heavy atom. The van der Waals surface area contributed by atoms with E-state index >= 15 is 0 Å². The summed E-state index contributed by atoms with van der Waals surface area (Å²) in [5, 5.41) is 11.8. The number of hydrogen-bond donors (Lipinski definition) is 1. The summed E-state index contributed by atoms with van der Waals surface area (Å²) in [5.74, 6) is 2.50. The fourth-order valence-electron chi connectivity index (χ4n) is 5.69. The van der Waals surface area contributed by atoms with Gasteiger partial charge in [-0.15, -0.1) is 0 Å². The van der Waals surface area contributed by atoms with Crippen LogP contribution in [0.1, 0.15) is 60.5 Å². The molecule has 0 saturated carbocycles. The number of benzene rings is 3. The average molecular weight is 514 g/mol. The standard InChI is InChI=1S/C33H39NO4/c1-36-27-12-7-24(8-13-27)30-17-11-26-23-29(37-2)16-18-31(26)32(30)33(35)25-9-14-28(15-10-25)38-22-21-34-19-5-3-4-6-20-34/h7-10,12-16,18,23,33,35H,3-6,11,17,19-22H2,1-2H3. The second kappa shape index (κ2) is 12.5. The Morgan fingerprint density at radius 1 is 0.763 bits per heavy atom. The van der Waals surface area contributed by atoms with Gasteiger partial charge < -0.3 is 19.3 Å². The van der Waals surface area contributed by atoms with E-state index in [1.807, 2.05) is 42.5 Å². The molecule has 200 valence electrons. The lowest BCUT2D eigenvalue weighted by Crippen LogP contribution is -2.29. The summed E-state index contributed by atoms with van der Waals surface area (Å²) in [5.41, 5.74) is 6.35. The molecule has 0 radical (unpaired) electrons. The Morgan fingerprint density at radius 2 is 1.42 bits per heavy atom. The fourth-order valence-corrected chi connectivity index (χ4v) is 5.69. The number of allylic oxidation sites excluding steroid dienone is 1. The zero-order valence-corrected chi connectivity index (χ0v) is 22.6. The van der Waals surface area contributed by atoms with E-state index in [1.54, 1.807) is 14.2 Å². The Kier molecular flexibility index (Phi) is 8.67. The van der Waals surface area contributed by atoms with E-state index in [9.17, 15) is 5.11 Å². The molecule has 5 heteroatoms. The molecule has 5 rings (SSSR count). The molecule has 1 saturated heterocycles. The number of aryl methyl sites for hydroxylation is 1. The summed E-state index contributed by atoms with van der Waals surface area (Å²) in [6, 6.07) is 22.2. The summed E-state index contributed by atoms with van der Waals surface area (Å²) in [4.78, 5) is 2.51. The zero-order chi connectivity index (χ0) is 26.3. The van der Waals surface area contributed by atoms with Gasteiger partial charge in [-0.1, -0.05) is 43.2 Å². The number of aliphatic hydroxyl groups excluding tert-OH is 1. The lowest BCUT2D eigenvalue weighted by Gasteiger charge is -2.28. The summed E-state index contributed by atoms with van der Waals surface area (Å²) in [6.45, 7) is 3.99. The molecule has 0 aromatic heterocycles. The number of ether oxygens (including phenoxy) is 3. The van der Waals surface area contributed by atoms with Crippen LogP contribution in [0.15, 0.2) is 66.7 Å². The maximum Gasteiger partial charge on any atom is 0.119 e. The number of fused-ring (bicyclic) bond motifs is 1. The smallest absolute Gasteiger partial charge is 0.119 e. The Balaban J connectivity index is 1.38. The van der Waals surface area contributed by atoms with Crippen LogP contribution in [0.5, 0.6) is 17.2 Å². The predicted octanol–water partition coefficient (Wildman–Crippen LogP) is 6.55. The quantitative estimate of drug-likeness (QED) is 0.352. The van der Waals surface area contributed by atoms with Crippen molar-refractivity contribution in [3.05, 3.63) is 89.0 Å². The van der Waals surface area contributed by atoms with Crippen molar-refractivity contribution in [1.82, 2.24) is 4.90 Å². The van der Waals surface area contributed by atoms with Crippen molar-refractivity contribution in [2.45, 2.75) is 44.6 Å². The second-order valence-corrected chi connectivity index (χ2v) is 10.2. The van der Waals surface area contributed by atoms with Crippen molar-refractivity contribution >= 4 is 11.1 Å². The maximum atomic E-state index is 11.8. The largest absolute Gasteiger partial charge is 0.497 e. The molecule has 0 spiro atoms. The van der Waals surface area contributed by atoms with Crippen molar-refractivity contribution in [2.24, 2.45) is 0 Å². The molecular formula is C33H39NO4. The molecule has 38 heavy (non-hydrogen) atoms. The van der Waals surface area contributed by atoms with Gasteiger partial charge in [-0.2, -0.15) is 0 Å². The van der Waals surface area contributed by atoms with Gasteiger partial charge >= 0.3 is 0 Å². The van der Waals surface area contributed by atoms with Gasteiger partial charge in [-0.3, -0.25) is 4.90 Å². The van der Waals surface area contributed by atoms with Gasteiger partial charge in [0.25, 0.3) is 0 Å². The Bertz CT molecular complexity index is 1220. The van der Waals surface area contributed by atoms with Gasteiger partial charge in [0.2, 0.25) is 0 Å². The van der Waals surface area contributed by atoms with E-state index in [0.717, 1.165) is 64.5 Å². The van der Waals surface area contributed by atoms with Gasteiger partial charge in [0, 0.05) is 6.54 Å². The van der Waals surface area contributed by atoms with Gasteiger partial charge in [0.1, 0.15) is 30.0 Å². The van der Waals surface area contributed by atoms with Crippen LogP contribution in [-0.4, -0.2) is 50.5 Å². The van der Waals surface area contributed by atoms with Crippen molar-refractivity contribution in [3.63, 3.8) is 0 Å². The van der Waals surface area contributed by atoms with Gasteiger partial charge in [0.15, 0.2) is 0 Å². The van der Waals surface area contributed by atoms with E-state index in [1.165, 1.54) is 44.3 Å². The number of aliphatic hydroxyl groups is 1. The highest BCUT2D eigenvalue weighted by atomic mass is 16.5. The minimum Gasteiger partial charge on any atom is -0.497 e. The molecule has 1 atom stereocenters. The highest BCUT2D eigenvalue weighted by Gasteiger charge is 2.27. The van der Waals surface area contributed by atoms with Crippen LogP contribution in [0.25, 0.3) is 11.1 Å². The molecule has 0 amide bonds. The van der Waals surface area contributed by atoms with E-state index < -0.39 is 6.10 Å². The molecule has 1 aliphatic heterocycles. The zero-order valence-electron chi connectivity index (χ0n) is 22.6. The molecule has 1 unspecified atom stereocenters. The van der Waals surface area contributed by atoms with Crippen LogP contribution in [0.3, 0.4) is 0 Å². The van der Waals surface area contributed by atoms with Crippen molar-refractivity contribution < 1.29 is 19.3 Å². The van der Waals surface area contributed by atoms with E-state index in [2.05, 4.69) is 29.2 Å². The lowest BCUT2D eigenvalue weighted by atomic mass is 9.79. The van der Waals surface area contributed by atoms with E-state index in [-0.39, 0.29) is 0 Å². The molecule has 1 N–H and O–H groups in total. The average Bonchev–Trinajstić information content (AvgIpc) is 3.25. The van der Waals surface area contributed by atoms with E-state index in [4.69, 9.17) is 14.2 Å². The summed E-state index contributed by atoms with van der Waals surface area (Å²) >= 11 is 0. The highest BCUT2D eigenvalue weighted by molar-refractivity contribution is 5.95. The SMILES string of the molecule is COc1ccc(C2=C(C(O)c3ccc(OCCN4CCCCCC4)cc3)c3ccc(OC)cc3CC2)cc1. The van der Waals surface area contributed by atoms with Crippen LogP contribution in [0.2, 0.25) is 0 Å². The first-order valence-corrected chi connectivity index (χ1v) is 13.8. The van der Waals surface area contributed by atoms with Crippen molar-refractivity contribution in [3.8, 4) is 17.2 Å². The third-order valence-corrected chi connectivity index (χ3v) is 7.85. The number of likely N-dealkylation sites (tertiary alicyclic amines) is 1. The molecule has 1 fully saturated rings. The molecule has 5 nitrogen and oxygen atoms in total. The number of nitrogens with zero attached hydrogens (tertiary/aromatic N) is 1. The minimum atomic E-state index is -0.759. The molecule has 1 heterocycles. The van der Waals surface area contributed by atoms with Crippen LogP contribution in [-0.2, 0) is 6.42 Å². The lowest BCUT2D eigenvalue weighted by molar-refractivity contribution is 0.213. The number of hydrogen-bond acceptors (Lipinski definition) is 5. The minimum absolute atomic E-state index is 0.684. The first-order chi connectivity index (χ1) is 18.7. The van der Waals surface area contributed by atoms with Gasteiger partial charge in [-0.05, 0) is 109 Å². The maximum absolute atomic E-state index is 11.8. The number of rotatable bonds is 9. The second-order valence-electron chi connectivity index (χ2n) is 10.2. The molecule has 0 bridgehead atoms. The van der Waals surface area contributed by atoms with Crippen LogP contribution in [0, 0.1) is 0 Å². The number of methoxy groups -OCH3 is 2. The van der Waals surface area contributed by atoms with Crippen LogP contribution in [0.4, 0.5) is 0 Å². The Hall–Kier alpha value is -3.28. The van der Waals surface area contributed by atoms with Gasteiger partial charge in [0.05, 0.1) is 14.2 Å². The first-order valence-electron chi connectivity index (χ1n) is 13.8. The molecule has 3 aromatic carbocycles. The third-order valence-electron chi connectivity index (χ3n) is 7.85. The molecule has 3 aromatic rings. The van der Waals surface area contributed by atoms with Crippen LogP contribution >= 0.6 is 0 Å². The Labute approximate surface area is 226 Å². The van der Waals surface area contributed by atoms with E-state index in [0.29, 0.717) is 6.61 Å². The first kappa shape index (κ1) is 26.3. The fraction of sp³-hybridized carbons (Fsp3) is 0.394. The molecule has 2 aliphatic rings. The third kappa shape index (κ3) is 6.06. The topological polar surface area (TPSA) is 51.2 Å². The highest BCUT2D eigenvalue weighted by Crippen LogP contribution is 2.44. The van der Waals surface area contributed by atoms with Gasteiger partial charge in [-0.25, -0.2) is 0 Å². The monoisotopic (exact) mass is 513 g/mol. The van der Waals surface area contributed by atoms with Crippen LogP contribution < -0.4 is 14.2 Å². The summed E-state index contributed by atoms with van der Waals surface area (Å²) in [6.07, 6.45) is 6.25. The normalized spacial score (nSPS) is 16.9. The molecule has 1 aliphatic carbocycles. The van der Waals surface area contributed by atoms with Crippen molar-refractivity contribution in [2.75, 3.05) is 40.5 Å². The summed E-state index contributed by atoms with van der Waals surface area (Å²) in [7, 11) is 3.37. The van der Waals surface area contributed by atoms with Crippen molar-refractivity contribution in [1.29, 1.82) is 0 Å².